The fourth-order valence-electron chi connectivity index (χ4n) is 1.93. The van der Waals surface area contributed by atoms with Crippen LogP contribution in [0.3, 0.4) is 0 Å². The van der Waals surface area contributed by atoms with Gasteiger partial charge in [0.25, 0.3) is 0 Å². The smallest absolute Gasteiger partial charge is 0.408 e. The highest BCUT2D eigenvalue weighted by molar-refractivity contribution is 5.84. The van der Waals surface area contributed by atoms with Gasteiger partial charge in [-0.05, 0) is 46.7 Å². The summed E-state index contributed by atoms with van der Waals surface area (Å²) in [5, 5.41) is 22.2. The quantitative estimate of drug-likeness (QED) is 0.452. The third kappa shape index (κ3) is 11.8. The average molecular weight is 361 g/mol. The summed E-state index contributed by atoms with van der Waals surface area (Å²) >= 11 is 0. The number of carbonyl (C=O) groups is 4. The van der Waals surface area contributed by atoms with E-state index in [0.717, 1.165) is 25.9 Å². The minimum Gasteiger partial charge on any atom is -0.481 e. The van der Waals surface area contributed by atoms with E-state index in [1.165, 1.54) is 0 Å². The molecular weight excluding hydrogens is 334 g/mol. The Balaban J connectivity index is 0.000000535. The monoisotopic (exact) mass is 361 g/mol. The van der Waals surface area contributed by atoms with E-state index in [-0.39, 0.29) is 11.8 Å². The summed E-state index contributed by atoms with van der Waals surface area (Å²) in [6.45, 7) is 6.71. The fraction of sp³-hybridized carbons (Fsp3) is 0.733. The maximum Gasteiger partial charge on any atom is 0.408 e. The summed E-state index contributed by atoms with van der Waals surface area (Å²) in [5.41, 5.74) is 4.33. The van der Waals surface area contributed by atoms with Gasteiger partial charge in [-0.25, -0.2) is 9.59 Å². The first kappa shape index (κ1) is 22.6. The molecule has 0 spiro atoms. The third-order valence-corrected chi connectivity index (χ3v) is 3.11. The molecule has 0 aromatic heterocycles. The molecule has 1 heterocycles. The number of primary amides is 1. The van der Waals surface area contributed by atoms with Crippen LogP contribution < -0.4 is 16.4 Å². The number of carbonyl (C=O) groups excluding carboxylic acids is 2. The highest BCUT2D eigenvalue weighted by Crippen LogP contribution is 2.09. The number of carboxylic acid groups (broad SMARTS) is 2. The zero-order valence-corrected chi connectivity index (χ0v) is 14.7. The predicted molar refractivity (Wildman–Crippen MR) is 87.8 cm³/mol. The average Bonchev–Trinajstić information content (AvgIpc) is 2.45. The maximum absolute atomic E-state index is 11.2. The second-order valence-electron chi connectivity index (χ2n) is 6.56. The molecule has 144 valence electrons. The van der Waals surface area contributed by atoms with Crippen LogP contribution in [0.4, 0.5) is 4.79 Å². The van der Waals surface area contributed by atoms with Crippen molar-refractivity contribution < 1.29 is 34.1 Å². The molecule has 1 saturated heterocycles. The Labute approximate surface area is 146 Å². The van der Waals surface area contributed by atoms with E-state index in [1.807, 2.05) is 5.32 Å². The van der Waals surface area contributed by atoms with Crippen molar-refractivity contribution in [3.63, 3.8) is 0 Å². The van der Waals surface area contributed by atoms with Crippen LogP contribution in [0.1, 0.15) is 40.0 Å². The number of rotatable bonds is 5. The Bertz CT molecular complexity index is 482. The van der Waals surface area contributed by atoms with Crippen LogP contribution in [0.2, 0.25) is 0 Å². The first-order valence-electron chi connectivity index (χ1n) is 7.86. The molecule has 0 aliphatic carbocycles. The number of alkyl carbamates (subject to hydrolysis) is 1. The third-order valence-electron chi connectivity index (χ3n) is 3.11. The molecule has 0 aromatic carbocycles. The number of carboxylic acids is 2. The summed E-state index contributed by atoms with van der Waals surface area (Å²) < 4.78 is 4.79. The minimum absolute atomic E-state index is 0.131. The largest absolute Gasteiger partial charge is 0.481 e. The van der Waals surface area contributed by atoms with Gasteiger partial charge in [0.2, 0.25) is 5.91 Å². The summed E-state index contributed by atoms with van der Waals surface area (Å²) in [4.78, 5) is 42.6. The molecule has 1 aliphatic heterocycles. The Morgan fingerprint density at radius 1 is 1.20 bits per heavy atom. The molecular formula is C15H27N3O7. The summed E-state index contributed by atoms with van der Waals surface area (Å²) in [7, 11) is 0. The van der Waals surface area contributed by atoms with Gasteiger partial charge in [0, 0.05) is 5.92 Å². The Morgan fingerprint density at radius 2 is 1.72 bits per heavy atom. The molecule has 1 fully saturated rings. The van der Waals surface area contributed by atoms with Crippen LogP contribution in [0.15, 0.2) is 0 Å². The fourth-order valence-corrected chi connectivity index (χ4v) is 1.93. The number of aliphatic carboxylic acids is 2. The molecule has 1 atom stereocenters. The lowest BCUT2D eigenvalue weighted by Crippen LogP contribution is -2.44. The molecule has 10 nitrogen and oxygen atoms in total. The molecule has 0 radical (unpaired) electrons. The van der Waals surface area contributed by atoms with Gasteiger partial charge in [-0.2, -0.15) is 0 Å². The SMILES string of the molecule is CC(C)(C)OC(=O)N[C@@H](CC(=O)O)C(=O)O.NC(=O)C1CCNCC1. The normalized spacial score (nSPS) is 16.0. The van der Waals surface area contributed by atoms with Crippen LogP contribution in [-0.2, 0) is 19.1 Å². The number of nitrogens with two attached hydrogens (primary N) is 1. The number of hydrogen-bond acceptors (Lipinski definition) is 6. The molecule has 0 saturated carbocycles. The summed E-state index contributed by atoms with van der Waals surface area (Å²) in [5.74, 6) is -2.75. The Hall–Kier alpha value is -2.36. The zero-order chi connectivity index (χ0) is 19.6. The lowest BCUT2D eigenvalue weighted by atomic mass is 9.98. The molecule has 0 unspecified atom stereocenters. The van der Waals surface area contributed by atoms with Crippen molar-refractivity contribution in [3.05, 3.63) is 0 Å². The van der Waals surface area contributed by atoms with Crippen molar-refractivity contribution in [1.82, 2.24) is 10.6 Å². The van der Waals surface area contributed by atoms with Crippen molar-refractivity contribution in [2.75, 3.05) is 13.1 Å². The van der Waals surface area contributed by atoms with E-state index in [0.29, 0.717) is 0 Å². The standard InChI is InChI=1S/C9H15NO6.C6H12N2O/c1-9(2,3)16-8(15)10-5(7(13)14)4-6(11)12;7-6(9)5-1-3-8-4-2-5/h5H,4H2,1-3H3,(H,10,15)(H,11,12)(H,13,14);5,8H,1-4H2,(H2,7,9)/t5-;/m0./s1. The van der Waals surface area contributed by atoms with Crippen LogP contribution in [0.5, 0.6) is 0 Å². The van der Waals surface area contributed by atoms with Gasteiger partial charge in [-0.3, -0.25) is 9.59 Å². The number of piperidine rings is 1. The molecule has 6 N–H and O–H groups in total. The van der Waals surface area contributed by atoms with Gasteiger partial charge in [0.05, 0.1) is 6.42 Å². The van der Waals surface area contributed by atoms with Crippen molar-refractivity contribution in [1.29, 1.82) is 0 Å². The molecule has 1 aliphatic rings. The summed E-state index contributed by atoms with van der Waals surface area (Å²) in [6, 6.07) is -1.49. The van der Waals surface area contributed by atoms with Crippen LogP contribution >= 0.6 is 0 Å². The minimum atomic E-state index is -1.49. The molecule has 0 aromatic rings. The van der Waals surface area contributed by atoms with E-state index in [2.05, 4.69) is 5.32 Å². The molecule has 0 bridgehead atoms. The number of ether oxygens (including phenoxy) is 1. The van der Waals surface area contributed by atoms with Crippen molar-refractivity contribution in [2.45, 2.75) is 51.7 Å². The van der Waals surface area contributed by atoms with Crippen molar-refractivity contribution in [2.24, 2.45) is 11.7 Å². The second kappa shape index (κ2) is 10.5. The second-order valence-corrected chi connectivity index (χ2v) is 6.56. The van der Waals surface area contributed by atoms with Crippen LogP contribution in [0, 0.1) is 5.92 Å². The van der Waals surface area contributed by atoms with E-state index in [4.69, 9.17) is 20.7 Å². The first-order chi connectivity index (χ1) is 11.4. The van der Waals surface area contributed by atoms with Gasteiger partial charge in [0.15, 0.2) is 0 Å². The summed E-state index contributed by atoms with van der Waals surface area (Å²) in [6.07, 6.45) is 0.167. The van der Waals surface area contributed by atoms with Crippen molar-refractivity contribution in [3.8, 4) is 0 Å². The van der Waals surface area contributed by atoms with Gasteiger partial charge >= 0.3 is 18.0 Å². The molecule has 10 heteroatoms. The number of amides is 2. The Kier molecular flexibility index (Phi) is 9.50. The van der Waals surface area contributed by atoms with Gasteiger partial charge in [0.1, 0.15) is 11.6 Å². The molecule has 2 amide bonds. The molecule has 1 rings (SSSR count). The number of hydrogen-bond donors (Lipinski definition) is 5. The van der Waals surface area contributed by atoms with E-state index < -0.39 is 36.1 Å². The molecule has 25 heavy (non-hydrogen) atoms. The van der Waals surface area contributed by atoms with Gasteiger partial charge < -0.3 is 31.3 Å². The van der Waals surface area contributed by atoms with Gasteiger partial charge in [-0.15, -0.1) is 0 Å². The highest BCUT2D eigenvalue weighted by Gasteiger charge is 2.25. The lowest BCUT2D eigenvalue weighted by Gasteiger charge is -2.21. The lowest BCUT2D eigenvalue weighted by molar-refractivity contribution is -0.145. The van der Waals surface area contributed by atoms with E-state index in [1.54, 1.807) is 20.8 Å². The maximum atomic E-state index is 11.2. The van der Waals surface area contributed by atoms with Crippen molar-refractivity contribution >= 4 is 23.9 Å². The predicted octanol–water partition coefficient (Wildman–Crippen LogP) is -0.0897. The van der Waals surface area contributed by atoms with Crippen LogP contribution in [0.25, 0.3) is 0 Å². The highest BCUT2D eigenvalue weighted by atomic mass is 16.6. The Morgan fingerprint density at radius 3 is 2.04 bits per heavy atom. The van der Waals surface area contributed by atoms with E-state index in [9.17, 15) is 19.2 Å². The topological polar surface area (TPSA) is 168 Å². The first-order valence-corrected chi connectivity index (χ1v) is 7.86. The zero-order valence-electron chi connectivity index (χ0n) is 14.7. The number of nitrogens with one attached hydrogen (secondary N) is 2. The van der Waals surface area contributed by atoms with Gasteiger partial charge in [-0.1, -0.05) is 0 Å². The van der Waals surface area contributed by atoms with E-state index >= 15 is 0 Å². The van der Waals surface area contributed by atoms with Crippen LogP contribution in [-0.4, -0.2) is 58.9 Å².